The molecule has 0 aliphatic heterocycles. The largest absolute Gasteiger partial charge is 0.475 e. The quantitative estimate of drug-likeness (QED) is 0.620. The molecule has 160 valence electrons. The first kappa shape index (κ1) is 21.6. The Morgan fingerprint density at radius 1 is 1.31 bits per heavy atom. The van der Waals surface area contributed by atoms with Gasteiger partial charge in [-0.25, -0.2) is 18.2 Å². The molecule has 1 amide bonds. The van der Waals surface area contributed by atoms with Gasteiger partial charge in [0.25, 0.3) is 17.5 Å². The monoisotopic (exact) mass is 433 g/mol. The Kier molecular flexibility index (Phi) is 7.12. The van der Waals surface area contributed by atoms with Crippen LogP contribution >= 0.6 is 11.3 Å². The summed E-state index contributed by atoms with van der Waals surface area (Å²) in [6.07, 6.45) is -0.961. The number of nitrogens with one attached hydrogen (secondary N) is 1. The number of amides is 1. The van der Waals surface area contributed by atoms with Crippen molar-refractivity contribution in [1.82, 2.24) is 15.3 Å². The van der Waals surface area contributed by atoms with Crippen LogP contribution in [-0.2, 0) is 9.53 Å². The molecule has 0 saturated heterocycles. The molecule has 1 fully saturated rings. The number of nitrogens with zero attached hydrogens (tertiary/aromatic N) is 2. The van der Waals surface area contributed by atoms with E-state index in [9.17, 15) is 18.0 Å². The summed E-state index contributed by atoms with van der Waals surface area (Å²) in [6.45, 7) is 3.28. The Bertz CT molecular complexity index is 845. The van der Waals surface area contributed by atoms with Crippen molar-refractivity contribution in [2.24, 2.45) is 5.92 Å². The molecule has 11 heteroatoms. The summed E-state index contributed by atoms with van der Waals surface area (Å²) in [5, 5.41) is 2.76. The van der Waals surface area contributed by atoms with Crippen molar-refractivity contribution < 1.29 is 32.2 Å². The minimum atomic E-state index is -2.62. The lowest BCUT2D eigenvalue weighted by Crippen LogP contribution is -2.40. The van der Waals surface area contributed by atoms with Gasteiger partial charge >= 0.3 is 0 Å². The van der Waals surface area contributed by atoms with Gasteiger partial charge in [-0.1, -0.05) is 11.3 Å². The molecule has 2 aromatic rings. The zero-order valence-electron chi connectivity index (χ0n) is 16.0. The molecule has 1 aliphatic rings. The Hall–Kier alpha value is -2.14. The van der Waals surface area contributed by atoms with Crippen LogP contribution in [0.1, 0.15) is 26.7 Å². The minimum absolute atomic E-state index is 0.0109. The van der Waals surface area contributed by atoms with Gasteiger partial charge < -0.3 is 19.5 Å². The average molecular weight is 433 g/mol. The number of rotatable bonds is 10. The van der Waals surface area contributed by atoms with E-state index in [1.54, 1.807) is 0 Å². The molecule has 0 unspecified atom stereocenters. The number of hydrogen-bond acceptors (Lipinski definition) is 7. The molecule has 1 saturated carbocycles. The molecule has 0 radical (unpaired) electrons. The zero-order valence-corrected chi connectivity index (χ0v) is 16.8. The van der Waals surface area contributed by atoms with E-state index in [4.69, 9.17) is 14.2 Å². The highest BCUT2D eigenvalue weighted by Crippen LogP contribution is 2.33. The first-order valence-electron chi connectivity index (χ1n) is 9.19. The van der Waals surface area contributed by atoms with Gasteiger partial charge in [-0.2, -0.15) is 4.98 Å². The van der Waals surface area contributed by atoms with Crippen molar-refractivity contribution in [1.29, 1.82) is 0 Å². The molecule has 2 aromatic heterocycles. The van der Waals surface area contributed by atoms with Crippen molar-refractivity contribution >= 4 is 27.6 Å². The number of aromatic nitrogens is 2. The van der Waals surface area contributed by atoms with Crippen molar-refractivity contribution in [3.05, 3.63) is 11.9 Å². The van der Waals surface area contributed by atoms with E-state index in [2.05, 4.69) is 15.3 Å². The van der Waals surface area contributed by atoms with E-state index >= 15 is 0 Å². The maximum atomic E-state index is 14.2. The number of carbonyl (C=O) groups excluding carboxylic acids is 1. The molecule has 2 heterocycles. The van der Waals surface area contributed by atoms with E-state index in [1.165, 1.54) is 6.92 Å². The fraction of sp³-hybridized carbons (Fsp3) is 0.611. The van der Waals surface area contributed by atoms with Gasteiger partial charge in [0.15, 0.2) is 17.3 Å². The van der Waals surface area contributed by atoms with Crippen LogP contribution in [-0.4, -0.2) is 54.3 Å². The molecular weight excluding hydrogens is 411 g/mol. The predicted octanol–water partition coefficient (Wildman–Crippen LogP) is 3.17. The minimum Gasteiger partial charge on any atom is -0.475 e. The maximum absolute atomic E-state index is 14.2. The molecule has 0 spiro atoms. The second kappa shape index (κ2) is 9.57. The zero-order chi connectivity index (χ0) is 21.0. The highest BCUT2D eigenvalue weighted by atomic mass is 32.1. The molecule has 1 aliphatic carbocycles. The van der Waals surface area contributed by atoms with Crippen LogP contribution in [0.2, 0.25) is 0 Å². The van der Waals surface area contributed by atoms with Crippen LogP contribution in [0, 0.1) is 11.7 Å². The van der Waals surface area contributed by atoms with Crippen LogP contribution < -0.4 is 14.8 Å². The number of carbonyl (C=O) groups is 1. The SMILES string of the molecule is CC(=O)N[C@@H](C)COC1CC(COc2nc3sc(OCC(F)F)nc3cc2F)C1. The van der Waals surface area contributed by atoms with Crippen molar-refractivity contribution in [3.8, 4) is 11.1 Å². The number of ether oxygens (including phenoxy) is 3. The molecule has 3 rings (SSSR count). The summed E-state index contributed by atoms with van der Waals surface area (Å²) in [4.78, 5) is 19.3. The fourth-order valence-electron chi connectivity index (χ4n) is 2.92. The molecule has 0 bridgehead atoms. The van der Waals surface area contributed by atoms with Gasteiger partial charge in [0.1, 0.15) is 5.52 Å². The van der Waals surface area contributed by atoms with E-state index in [1.807, 2.05) is 6.92 Å². The summed E-state index contributed by atoms with van der Waals surface area (Å²) in [5.41, 5.74) is 0.231. The fourth-order valence-corrected chi connectivity index (χ4v) is 3.69. The third kappa shape index (κ3) is 6.17. The first-order chi connectivity index (χ1) is 13.8. The number of fused-ring (bicyclic) bond motifs is 1. The second-order valence-corrected chi connectivity index (χ2v) is 7.93. The van der Waals surface area contributed by atoms with E-state index in [0.717, 1.165) is 30.2 Å². The molecular formula is C18H22F3N3O4S. The number of halogens is 3. The molecule has 0 aromatic carbocycles. The van der Waals surface area contributed by atoms with Crippen LogP contribution in [0.3, 0.4) is 0 Å². The predicted molar refractivity (Wildman–Crippen MR) is 100 cm³/mol. The van der Waals surface area contributed by atoms with Crippen LogP contribution in [0.5, 0.6) is 11.1 Å². The Labute approximate surface area is 169 Å². The van der Waals surface area contributed by atoms with E-state index in [-0.39, 0.29) is 40.6 Å². The van der Waals surface area contributed by atoms with E-state index < -0.39 is 18.8 Å². The smallest absolute Gasteiger partial charge is 0.276 e. The van der Waals surface area contributed by atoms with Gasteiger partial charge in [0, 0.05) is 19.0 Å². The third-order valence-corrected chi connectivity index (χ3v) is 5.18. The Morgan fingerprint density at radius 3 is 2.76 bits per heavy atom. The summed E-state index contributed by atoms with van der Waals surface area (Å²) in [6, 6.07) is 1.10. The van der Waals surface area contributed by atoms with Crippen molar-refractivity contribution in [2.75, 3.05) is 19.8 Å². The van der Waals surface area contributed by atoms with Gasteiger partial charge in [0.2, 0.25) is 5.91 Å². The normalized spacial score (nSPS) is 19.8. The molecule has 7 nitrogen and oxygen atoms in total. The molecule has 29 heavy (non-hydrogen) atoms. The second-order valence-electron chi connectivity index (χ2n) is 6.99. The van der Waals surface area contributed by atoms with Gasteiger partial charge in [-0.15, -0.1) is 0 Å². The van der Waals surface area contributed by atoms with Gasteiger partial charge in [-0.05, 0) is 25.7 Å². The molecule has 1 N–H and O–H groups in total. The molecule has 1 atom stereocenters. The van der Waals surface area contributed by atoms with Crippen LogP contribution in [0.4, 0.5) is 13.2 Å². The summed E-state index contributed by atoms with van der Waals surface area (Å²) in [5.74, 6) is -0.690. The van der Waals surface area contributed by atoms with Crippen molar-refractivity contribution in [3.63, 3.8) is 0 Å². The Balaban J connectivity index is 1.45. The summed E-state index contributed by atoms with van der Waals surface area (Å²) < 4.78 is 54.7. The highest BCUT2D eigenvalue weighted by molar-refractivity contribution is 7.19. The summed E-state index contributed by atoms with van der Waals surface area (Å²) >= 11 is 0.956. The Morgan fingerprint density at radius 2 is 2.07 bits per heavy atom. The lowest BCUT2D eigenvalue weighted by atomic mass is 9.83. The number of thiazole rings is 1. The number of hydrogen-bond donors (Lipinski definition) is 1. The van der Waals surface area contributed by atoms with Crippen LogP contribution in [0.25, 0.3) is 10.3 Å². The average Bonchev–Trinajstić information content (AvgIpc) is 2.99. The third-order valence-electron chi connectivity index (χ3n) is 4.30. The summed E-state index contributed by atoms with van der Waals surface area (Å²) in [7, 11) is 0. The standard InChI is InChI=1S/C18H22F3N3O4S/c1-9(22-10(2)25)6-26-12-3-11(4-12)7-27-16-13(19)5-14-17(24-16)29-18(23-14)28-8-15(20)21/h5,9,11-12,15H,3-4,6-8H2,1-2H3,(H,22,25)/t9-,11?,12?/m0/s1. The van der Waals surface area contributed by atoms with Crippen molar-refractivity contribution in [2.45, 2.75) is 45.3 Å². The number of alkyl halides is 2. The lowest BCUT2D eigenvalue weighted by Gasteiger charge is -2.35. The highest BCUT2D eigenvalue weighted by Gasteiger charge is 2.31. The van der Waals surface area contributed by atoms with E-state index in [0.29, 0.717) is 18.0 Å². The topological polar surface area (TPSA) is 82.6 Å². The van der Waals surface area contributed by atoms with Gasteiger partial charge in [0.05, 0.1) is 19.3 Å². The number of pyridine rings is 1. The van der Waals surface area contributed by atoms with Crippen LogP contribution in [0.15, 0.2) is 6.07 Å². The lowest BCUT2D eigenvalue weighted by molar-refractivity contribution is -0.120. The van der Waals surface area contributed by atoms with Gasteiger partial charge in [-0.3, -0.25) is 4.79 Å². The first-order valence-corrected chi connectivity index (χ1v) is 10.0. The maximum Gasteiger partial charge on any atom is 0.276 e.